The zero-order valence-electron chi connectivity index (χ0n) is 13.1. The first kappa shape index (κ1) is 15.6. The van der Waals surface area contributed by atoms with E-state index in [0.717, 1.165) is 11.3 Å². The number of aryl methyl sites for hydroxylation is 1. The zero-order valence-corrected chi connectivity index (χ0v) is 13.1. The van der Waals surface area contributed by atoms with Crippen LogP contribution in [0.3, 0.4) is 0 Å². The third kappa shape index (κ3) is 3.55. The van der Waals surface area contributed by atoms with Gasteiger partial charge >= 0.3 is 5.97 Å². The molecule has 0 saturated carbocycles. The lowest BCUT2D eigenvalue weighted by molar-refractivity contribution is 0.0697. The molecule has 2 heterocycles. The van der Waals surface area contributed by atoms with Crippen LogP contribution in [0.5, 0.6) is 0 Å². The van der Waals surface area contributed by atoms with Gasteiger partial charge in [0.1, 0.15) is 11.6 Å². The van der Waals surface area contributed by atoms with Gasteiger partial charge in [0.15, 0.2) is 0 Å². The molecule has 6 heteroatoms. The van der Waals surface area contributed by atoms with E-state index in [4.69, 9.17) is 5.11 Å². The summed E-state index contributed by atoms with van der Waals surface area (Å²) < 4.78 is 0. The fraction of sp³-hybridized carbons (Fsp3) is 0.111. The van der Waals surface area contributed by atoms with Crippen LogP contribution in [-0.4, -0.2) is 26.0 Å². The SMILES string of the molecule is CCc1nc(Nc2cccc(C(=O)O)c2)cc(-c2ccncc2)n1. The average Bonchev–Trinajstić information content (AvgIpc) is 2.62. The predicted octanol–water partition coefficient (Wildman–Crippen LogP) is 3.54. The van der Waals surface area contributed by atoms with Gasteiger partial charge in [-0.05, 0) is 30.3 Å². The summed E-state index contributed by atoms with van der Waals surface area (Å²) in [5.74, 6) is 0.366. The first-order chi connectivity index (χ1) is 11.7. The van der Waals surface area contributed by atoms with E-state index >= 15 is 0 Å². The van der Waals surface area contributed by atoms with Crippen LogP contribution in [0.15, 0.2) is 54.9 Å². The maximum absolute atomic E-state index is 11.1. The Morgan fingerprint density at radius 1 is 1.12 bits per heavy atom. The highest BCUT2D eigenvalue weighted by Crippen LogP contribution is 2.22. The molecule has 6 nitrogen and oxygen atoms in total. The zero-order chi connectivity index (χ0) is 16.9. The fourth-order valence-electron chi connectivity index (χ4n) is 2.27. The summed E-state index contributed by atoms with van der Waals surface area (Å²) in [5, 5.41) is 12.2. The van der Waals surface area contributed by atoms with Crippen molar-refractivity contribution in [2.45, 2.75) is 13.3 Å². The Labute approximate surface area is 139 Å². The average molecular weight is 320 g/mol. The van der Waals surface area contributed by atoms with E-state index in [-0.39, 0.29) is 5.56 Å². The number of aromatic carboxylic acids is 1. The molecule has 3 rings (SSSR count). The monoisotopic (exact) mass is 320 g/mol. The summed E-state index contributed by atoms with van der Waals surface area (Å²) in [6.45, 7) is 1.99. The van der Waals surface area contributed by atoms with Gasteiger partial charge in [-0.15, -0.1) is 0 Å². The smallest absolute Gasteiger partial charge is 0.335 e. The molecule has 24 heavy (non-hydrogen) atoms. The van der Waals surface area contributed by atoms with Crippen LogP contribution in [0.25, 0.3) is 11.3 Å². The molecular weight excluding hydrogens is 304 g/mol. The lowest BCUT2D eigenvalue weighted by Crippen LogP contribution is -2.02. The molecule has 0 radical (unpaired) electrons. The van der Waals surface area contributed by atoms with Crippen molar-refractivity contribution in [3.63, 3.8) is 0 Å². The van der Waals surface area contributed by atoms with Crippen molar-refractivity contribution in [1.29, 1.82) is 0 Å². The van der Waals surface area contributed by atoms with Crippen molar-refractivity contribution < 1.29 is 9.90 Å². The topological polar surface area (TPSA) is 88.0 Å². The van der Waals surface area contributed by atoms with Gasteiger partial charge < -0.3 is 10.4 Å². The Morgan fingerprint density at radius 3 is 2.62 bits per heavy atom. The second-order valence-corrected chi connectivity index (χ2v) is 5.16. The largest absolute Gasteiger partial charge is 0.478 e. The fourth-order valence-corrected chi connectivity index (χ4v) is 2.27. The number of nitrogens with one attached hydrogen (secondary N) is 1. The van der Waals surface area contributed by atoms with Gasteiger partial charge in [0.2, 0.25) is 0 Å². The van der Waals surface area contributed by atoms with E-state index in [1.807, 2.05) is 25.1 Å². The molecule has 1 aromatic carbocycles. The number of aromatic nitrogens is 3. The Bertz CT molecular complexity index is 866. The summed E-state index contributed by atoms with van der Waals surface area (Å²) in [4.78, 5) is 24.1. The number of rotatable bonds is 5. The Kier molecular flexibility index (Phi) is 4.47. The molecule has 0 amide bonds. The van der Waals surface area contributed by atoms with Crippen LogP contribution in [0, 0.1) is 0 Å². The van der Waals surface area contributed by atoms with Gasteiger partial charge in [-0.1, -0.05) is 13.0 Å². The van der Waals surface area contributed by atoms with Crippen LogP contribution < -0.4 is 5.32 Å². The van der Waals surface area contributed by atoms with Gasteiger partial charge in [-0.2, -0.15) is 0 Å². The molecule has 2 N–H and O–H groups in total. The number of hydrogen-bond acceptors (Lipinski definition) is 5. The Morgan fingerprint density at radius 2 is 1.92 bits per heavy atom. The molecule has 0 saturated heterocycles. The summed E-state index contributed by atoms with van der Waals surface area (Å²) in [7, 11) is 0. The Hall–Kier alpha value is -3.28. The van der Waals surface area contributed by atoms with E-state index < -0.39 is 5.97 Å². The summed E-state index contributed by atoms with van der Waals surface area (Å²) in [6.07, 6.45) is 4.13. The van der Waals surface area contributed by atoms with Crippen molar-refractivity contribution in [1.82, 2.24) is 15.0 Å². The standard InChI is InChI=1S/C18H16N4O2/c1-2-16-21-15(12-6-8-19-9-7-12)11-17(22-16)20-14-5-3-4-13(10-14)18(23)24/h3-11H,2H2,1H3,(H,23,24)(H,20,21,22). The number of carboxylic acid groups (broad SMARTS) is 1. The minimum absolute atomic E-state index is 0.221. The maximum atomic E-state index is 11.1. The third-order valence-electron chi connectivity index (χ3n) is 3.45. The molecule has 0 atom stereocenters. The second kappa shape index (κ2) is 6.87. The van der Waals surface area contributed by atoms with Crippen LogP contribution in [0.2, 0.25) is 0 Å². The summed E-state index contributed by atoms with van der Waals surface area (Å²) in [5.41, 5.74) is 2.63. The number of anilines is 2. The van der Waals surface area contributed by atoms with Gasteiger partial charge in [-0.3, -0.25) is 4.98 Å². The number of hydrogen-bond donors (Lipinski definition) is 2. The van der Waals surface area contributed by atoms with E-state index in [2.05, 4.69) is 20.3 Å². The van der Waals surface area contributed by atoms with Crippen molar-refractivity contribution in [3.8, 4) is 11.3 Å². The molecule has 0 unspecified atom stereocenters. The minimum Gasteiger partial charge on any atom is -0.478 e. The third-order valence-corrected chi connectivity index (χ3v) is 3.45. The van der Waals surface area contributed by atoms with E-state index in [1.54, 1.807) is 36.7 Å². The van der Waals surface area contributed by atoms with Gasteiger partial charge in [0.25, 0.3) is 0 Å². The number of carboxylic acids is 1. The lowest BCUT2D eigenvalue weighted by Gasteiger charge is -2.10. The highest BCUT2D eigenvalue weighted by molar-refractivity contribution is 5.89. The van der Waals surface area contributed by atoms with Gasteiger partial charge in [0, 0.05) is 36.1 Å². The molecule has 0 aliphatic carbocycles. The molecule has 0 aliphatic rings. The van der Waals surface area contributed by atoms with Crippen LogP contribution in [0.4, 0.5) is 11.5 Å². The normalized spacial score (nSPS) is 10.4. The van der Waals surface area contributed by atoms with Crippen LogP contribution in [-0.2, 0) is 6.42 Å². The van der Waals surface area contributed by atoms with Crippen molar-refractivity contribution >= 4 is 17.5 Å². The van der Waals surface area contributed by atoms with E-state index in [9.17, 15) is 4.79 Å². The van der Waals surface area contributed by atoms with Gasteiger partial charge in [0.05, 0.1) is 11.3 Å². The quantitative estimate of drug-likeness (QED) is 0.747. The molecule has 0 spiro atoms. The minimum atomic E-state index is -0.965. The molecule has 120 valence electrons. The van der Waals surface area contributed by atoms with Crippen molar-refractivity contribution in [2.75, 3.05) is 5.32 Å². The highest BCUT2D eigenvalue weighted by Gasteiger charge is 2.08. The molecule has 0 aliphatic heterocycles. The molecule has 2 aromatic heterocycles. The highest BCUT2D eigenvalue weighted by atomic mass is 16.4. The summed E-state index contributed by atoms with van der Waals surface area (Å²) in [6, 6.07) is 12.2. The van der Waals surface area contributed by atoms with Crippen molar-refractivity contribution in [2.24, 2.45) is 0 Å². The number of nitrogens with zero attached hydrogens (tertiary/aromatic N) is 3. The van der Waals surface area contributed by atoms with Gasteiger partial charge in [-0.25, -0.2) is 14.8 Å². The summed E-state index contributed by atoms with van der Waals surface area (Å²) >= 11 is 0. The molecule has 0 bridgehead atoms. The molecule has 3 aromatic rings. The number of carbonyl (C=O) groups is 1. The van der Waals surface area contributed by atoms with Crippen LogP contribution in [0.1, 0.15) is 23.1 Å². The predicted molar refractivity (Wildman–Crippen MR) is 91.3 cm³/mol. The van der Waals surface area contributed by atoms with Crippen LogP contribution >= 0.6 is 0 Å². The molecular formula is C18H16N4O2. The Balaban J connectivity index is 1.96. The number of pyridine rings is 1. The second-order valence-electron chi connectivity index (χ2n) is 5.16. The first-order valence-corrected chi connectivity index (χ1v) is 7.54. The maximum Gasteiger partial charge on any atom is 0.335 e. The number of benzene rings is 1. The van der Waals surface area contributed by atoms with Crippen molar-refractivity contribution in [3.05, 3.63) is 66.2 Å². The van der Waals surface area contributed by atoms with E-state index in [1.165, 1.54) is 0 Å². The molecule has 0 fully saturated rings. The lowest BCUT2D eigenvalue weighted by atomic mass is 10.2. The van der Waals surface area contributed by atoms with E-state index in [0.29, 0.717) is 23.8 Å². The first-order valence-electron chi connectivity index (χ1n) is 7.54.